The quantitative estimate of drug-likeness (QED) is 0.564. The zero-order valence-electron chi connectivity index (χ0n) is 9.06. The Bertz CT molecular complexity index is 229. The molecule has 1 heteroatoms. The van der Waals surface area contributed by atoms with Crippen molar-refractivity contribution in [3.8, 4) is 0 Å². The molecule has 0 saturated carbocycles. The van der Waals surface area contributed by atoms with Crippen LogP contribution in [0.1, 0.15) is 33.6 Å². The first-order chi connectivity index (χ1) is 6.05. The molecule has 0 aromatic heterocycles. The second-order valence-electron chi connectivity index (χ2n) is 5.60. The Balaban J connectivity index is 2.30. The number of piperidine rings is 1. The monoisotopic (exact) mass is 179 g/mol. The van der Waals surface area contributed by atoms with E-state index < -0.39 is 0 Å². The van der Waals surface area contributed by atoms with Gasteiger partial charge in [0.05, 0.1) is 0 Å². The third kappa shape index (κ3) is 1.43. The first-order valence-corrected chi connectivity index (χ1v) is 5.43. The summed E-state index contributed by atoms with van der Waals surface area (Å²) in [6.45, 7) is 9.62. The fraction of sp³-hybridized carbons (Fsp3) is 0.833. The summed E-state index contributed by atoms with van der Waals surface area (Å²) in [5.74, 6) is 0.867. The van der Waals surface area contributed by atoms with Gasteiger partial charge in [0, 0.05) is 6.54 Å². The van der Waals surface area contributed by atoms with E-state index in [4.69, 9.17) is 0 Å². The topological polar surface area (TPSA) is 12.0 Å². The fourth-order valence-electron chi connectivity index (χ4n) is 3.32. The van der Waals surface area contributed by atoms with Crippen LogP contribution in [0.3, 0.4) is 0 Å². The lowest BCUT2D eigenvalue weighted by molar-refractivity contribution is 0.0466. The van der Waals surface area contributed by atoms with Crippen molar-refractivity contribution in [2.45, 2.75) is 33.6 Å². The Kier molecular flexibility index (Phi) is 2.03. The molecule has 0 radical (unpaired) electrons. The standard InChI is InChI=1S/C12H21N/c1-11(2)6-4-7-12(3)9-13-8-5-10(11)12/h4,6,10,13H,5,7-9H2,1-3H3. The highest BCUT2D eigenvalue weighted by atomic mass is 14.9. The predicted molar refractivity (Wildman–Crippen MR) is 56.6 cm³/mol. The van der Waals surface area contributed by atoms with E-state index in [9.17, 15) is 0 Å². The van der Waals surface area contributed by atoms with E-state index in [1.54, 1.807) is 0 Å². The molecular weight excluding hydrogens is 158 g/mol. The van der Waals surface area contributed by atoms with Gasteiger partial charge in [-0.3, -0.25) is 0 Å². The molecule has 13 heavy (non-hydrogen) atoms. The molecule has 1 saturated heterocycles. The zero-order chi connectivity index (χ0) is 9.53. The van der Waals surface area contributed by atoms with Crippen LogP contribution >= 0.6 is 0 Å². The van der Waals surface area contributed by atoms with Gasteiger partial charge in [0.25, 0.3) is 0 Å². The summed E-state index contributed by atoms with van der Waals surface area (Å²) < 4.78 is 0. The number of nitrogens with one attached hydrogen (secondary N) is 1. The van der Waals surface area contributed by atoms with Crippen LogP contribution in [0.4, 0.5) is 0 Å². The molecule has 1 aliphatic carbocycles. The van der Waals surface area contributed by atoms with Crippen molar-refractivity contribution < 1.29 is 0 Å². The summed E-state index contributed by atoms with van der Waals surface area (Å²) in [4.78, 5) is 0. The number of allylic oxidation sites excluding steroid dienone is 2. The summed E-state index contributed by atoms with van der Waals surface area (Å²) in [5, 5.41) is 3.53. The Labute approximate surface area is 81.6 Å². The van der Waals surface area contributed by atoms with Gasteiger partial charge in [0.15, 0.2) is 0 Å². The number of fused-ring (bicyclic) bond motifs is 1. The molecule has 0 amide bonds. The van der Waals surface area contributed by atoms with Gasteiger partial charge in [-0.15, -0.1) is 0 Å². The van der Waals surface area contributed by atoms with Crippen molar-refractivity contribution in [1.29, 1.82) is 0 Å². The van der Waals surface area contributed by atoms with Crippen LogP contribution in [0, 0.1) is 16.7 Å². The molecule has 1 aliphatic heterocycles. The largest absolute Gasteiger partial charge is 0.316 e. The molecule has 0 aromatic carbocycles. The summed E-state index contributed by atoms with van der Waals surface area (Å²) in [6, 6.07) is 0. The highest BCUT2D eigenvalue weighted by Gasteiger charge is 2.45. The fourth-order valence-corrected chi connectivity index (χ4v) is 3.32. The van der Waals surface area contributed by atoms with Gasteiger partial charge in [0.1, 0.15) is 0 Å². The molecule has 74 valence electrons. The third-order valence-corrected chi connectivity index (χ3v) is 4.01. The van der Waals surface area contributed by atoms with Crippen LogP contribution in [0.5, 0.6) is 0 Å². The van der Waals surface area contributed by atoms with E-state index in [-0.39, 0.29) is 0 Å². The molecule has 0 aromatic rings. The molecule has 2 aliphatic rings. The van der Waals surface area contributed by atoms with Crippen molar-refractivity contribution >= 4 is 0 Å². The normalized spacial score (nSPS) is 42.8. The SMILES string of the molecule is CC1(C)C=CCC2(C)CNCCC12. The average molecular weight is 179 g/mol. The van der Waals surface area contributed by atoms with Crippen LogP contribution < -0.4 is 5.32 Å². The lowest BCUT2D eigenvalue weighted by Crippen LogP contribution is -2.50. The van der Waals surface area contributed by atoms with Crippen LogP contribution in [0.25, 0.3) is 0 Å². The van der Waals surface area contributed by atoms with Gasteiger partial charge in [0.2, 0.25) is 0 Å². The summed E-state index contributed by atoms with van der Waals surface area (Å²) in [6.07, 6.45) is 7.40. The molecule has 2 rings (SSSR count). The molecule has 0 spiro atoms. The van der Waals surface area contributed by atoms with Crippen molar-refractivity contribution in [2.75, 3.05) is 13.1 Å². The molecule has 1 heterocycles. The van der Waals surface area contributed by atoms with E-state index >= 15 is 0 Å². The van der Waals surface area contributed by atoms with E-state index in [1.165, 1.54) is 25.9 Å². The summed E-state index contributed by atoms with van der Waals surface area (Å²) in [7, 11) is 0. The van der Waals surface area contributed by atoms with Crippen LogP contribution in [-0.2, 0) is 0 Å². The van der Waals surface area contributed by atoms with Crippen LogP contribution in [0.15, 0.2) is 12.2 Å². The molecule has 1 N–H and O–H groups in total. The van der Waals surface area contributed by atoms with Crippen LogP contribution in [-0.4, -0.2) is 13.1 Å². The number of hydrogen-bond acceptors (Lipinski definition) is 1. The minimum Gasteiger partial charge on any atom is -0.316 e. The lowest BCUT2D eigenvalue weighted by Gasteiger charge is -2.51. The minimum atomic E-state index is 0.412. The van der Waals surface area contributed by atoms with Gasteiger partial charge in [-0.25, -0.2) is 0 Å². The van der Waals surface area contributed by atoms with Gasteiger partial charge < -0.3 is 5.32 Å². The highest BCUT2D eigenvalue weighted by molar-refractivity contribution is 5.11. The third-order valence-electron chi connectivity index (χ3n) is 4.01. The minimum absolute atomic E-state index is 0.412. The zero-order valence-corrected chi connectivity index (χ0v) is 9.06. The first kappa shape index (κ1) is 9.26. The smallest absolute Gasteiger partial charge is 0.00111 e. The van der Waals surface area contributed by atoms with Crippen molar-refractivity contribution in [3.63, 3.8) is 0 Å². The molecule has 1 fully saturated rings. The summed E-state index contributed by atoms with van der Waals surface area (Å²) in [5.41, 5.74) is 0.922. The number of rotatable bonds is 0. The Hall–Kier alpha value is -0.300. The van der Waals surface area contributed by atoms with Crippen LogP contribution in [0.2, 0.25) is 0 Å². The van der Waals surface area contributed by atoms with E-state index in [1.807, 2.05) is 0 Å². The Morgan fingerprint density at radius 1 is 1.31 bits per heavy atom. The molecule has 1 nitrogen and oxygen atoms in total. The molecule has 2 unspecified atom stereocenters. The van der Waals surface area contributed by atoms with Crippen molar-refractivity contribution in [1.82, 2.24) is 5.32 Å². The second-order valence-corrected chi connectivity index (χ2v) is 5.60. The second kappa shape index (κ2) is 2.84. The lowest BCUT2D eigenvalue weighted by atomic mass is 9.57. The van der Waals surface area contributed by atoms with Crippen molar-refractivity contribution in [3.05, 3.63) is 12.2 Å². The maximum absolute atomic E-state index is 3.53. The Morgan fingerprint density at radius 2 is 2.08 bits per heavy atom. The van der Waals surface area contributed by atoms with E-state index in [2.05, 4.69) is 38.2 Å². The van der Waals surface area contributed by atoms with Gasteiger partial charge >= 0.3 is 0 Å². The maximum atomic E-state index is 3.53. The molecule has 2 atom stereocenters. The highest BCUT2D eigenvalue weighted by Crippen LogP contribution is 2.50. The number of hydrogen-bond donors (Lipinski definition) is 1. The first-order valence-electron chi connectivity index (χ1n) is 5.43. The van der Waals surface area contributed by atoms with Crippen molar-refractivity contribution in [2.24, 2.45) is 16.7 Å². The van der Waals surface area contributed by atoms with E-state index in [0.29, 0.717) is 10.8 Å². The Morgan fingerprint density at radius 3 is 2.77 bits per heavy atom. The maximum Gasteiger partial charge on any atom is 0.00111 e. The average Bonchev–Trinajstić information content (AvgIpc) is 2.02. The molecule has 0 bridgehead atoms. The van der Waals surface area contributed by atoms with E-state index in [0.717, 1.165) is 5.92 Å². The summed E-state index contributed by atoms with van der Waals surface area (Å²) >= 11 is 0. The van der Waals surface area contributed by atoms with Gasteiger partial charge in [-0.2, -0.15) is 0 Å². The van der Waals surface area contributed by atoms with Gasteiger partial charge in [-0.05, 0) is 36.1 Å². The van der Waals surface area contributed by atoms with Gasteiger partial charge in [-0.1, -0.05) is 32.9 Å². The molecular formula is C12H21N. The predicted octanol–water partition coefficient (Wildman–Crippen LogP) is 2.59.